The summed E-state index contributed by atoms with van der Waals surface area (Å²) in [5.74, 6) is -1.16. The first-order valence-electron chi connectivity index (χ1n) is 8.04. The highest BCUT2D eigenvalue weighted by atomic mass is 16.5. The van der Waals surface area contributed by atoms with Gasteiger partial charge in [0.05, 0.1) is 12.7 Å². The van der Waals surface area contributed by atoms with Gasteiger partial charge in [0, 0.05) is 32.2 Å². The molecule has 1 fully saturated rings. The summed E-state index contributed by atoms with van der Waals surface area (Å²) in [5.41, 5.74) is 1.16. The second-order valence-electron chi connectivity index (χ2n) is 5.95. The van der Waals surface area contributed by atoms with Crippen LogP contribution in [0.15, 0.2) is 30.3 Å². The normalized spacial score (nSPS) is 18.7. The third-order valence-corrected chi connectivity index (χ3v) is 3.66. The topological polar surface area (TPSA) is 70.7 Å². The van der Waals surface area contributed by atoms with Crippen LogP contribution in [0, 0.1) is 0 Å². The highest BCUT2D eigenvalue weighted by Crippen LogP contribution is 2.21. The van der Waals surface area contributed by atoms with Crippen LogP contribution in [-0.2, 0) is 14.3 Å². The van der Waals surface area contributed by atoms with E-state index in [1.807, 2.05) is 32.0 Å². The lowest BCUT2D eigenvalue weighted by Crippen LogP contribution is -2.46. The van der Waals surface area contributed by atoms with E-state index in [1.165, 1.54) is 0 Å². The molecule has 1 aliphatic heterocycles. The van der Waals surface area contributed by atoms with Gasteiger partial charge in [0.25, 0.3) is 0 Å². The molecule has 0 bridgehead atoms. The molecule has 1 saturated heterocycles. The van der Waals surface area contributed by atoms with Crippen molar-refractivity contribution in [2.45, 2.75) is 26.0 Å². The van der Waals surface area contributed by atoms with E-state index in [0.717, 1.165) is 18.7 Å². The van der Waals surface area contributed by atoms with Crippen LogP contribution in [0.2, 0.25) is 0 Å². The molecule has 1 aromatic rings. The Bertz CT molecular complexity index is 519. The Balaban J connectivity index is 1.73. The van der Waals surface area contributed by atoms with Crippen molar-refractivity contribution in [3.05, 3.63) is 35.9 Å². The van der Waals surface area contributed by atoms with Gasteiger partial charge in [0.2, 0.25) is 0 Å². The molecule has 1 heterocycles. The first kappa shape index (κ1) is 17.4. The van der Waals surface area contributed by atoms with Crippen molar-refractivity contribution in [3.63, 3.8) is 0 Å². The third-order valence-electron chi connectivity index (χ3n) is 3.66. The van der Waals surface area contributed by atoms with Crippen molar-refractivity contribution in [2.75, 3.05) is 32.8 Å². The first-order valence-corrected chi connectivity index (χ1v) is 8.04. The Kier molecular flexibility index (Phi) is 6.55. The standard InChI is InChI=1S/C17H25N3O3/c1-13(2)19-17(22)16(21)18-8-9-20-10-11-23-15(12-20)14-6-4-3-5-7-14/h3-7,13,15H,8-12H2,1-2H3,(H,18,21)(H,19,22)/t15-/m0/s1. The molecule has 0 aromatic heterocycles. The van der Waals surface area contributed by atoms with Gasteiger partial charge in [-0.25, -0.2) is 0 Å². The van der Waals surface area contributed by atoms with Crippen molar-refractivity contribution in [3.8, 4) is 0 Å². The van der Waals surface area contributed by atoms with Gasteiger partial charge in [-0.2, -0.15) is 0 Å². The minimum Gasteiger partial charge on any atom is -0.371 e. The summed E-state index contributed by atoms with van der Waals surface area (Å²) in [6, 6.07) is 10.1. The summed E-state index contributed by atoms with van der Waals surface area (Å²) < 4.78 is 5.81. The molecule has 0 radical (unpaired) electrons. The minimum atomic E-state index is -0.580. The van der Waals surface area contributed by atoms with E-state index in [9.17, 15) is 9.59 Å². The van der Waals surface area contributed by atoms with Crippen LogP contribution < -0.4 is 10.6 Å². The number of carbonyl (C=O) groups excluding carboxylic acids is 2. The van der Waals surface area contributed by atoms with Gasteiger partial charge >= 0.3 is 11.8 Å². The lowest BCUT2D eigenvalue weighted by atomic mass is 10.1. The van der Waals surface area contributed by atoms with Crippen molar-refractivity contribution in [2.24, 2.45) is 0 Å². The Morgan fingerprint density at radius 1 is 1.26 bits per heavy atom. The van der Waals surface area contributed by atoms with Crippen LogP contribution in [-0.4, -0.2) is 55.5 Å². The van der Waals surface area contributed by atoms with Gasteiger partial charge < -0.3 is 15.4 Å². The molecular formula is C17H25N3O3. The number of nitrogens with zero attached hydrogens (tertiary/aromatic N) is 1. The predicted molar refractivity (Wildman–Crippen MR) is 87.9 cm³/mol. The number of carbonyl (C=O) groups is 2. The minimum absolute atomic E-state index is 0.0425. The average Bonchev–Trinajstić information content (AvgIpc) is 2.55. The zero-order chi connectivity index (χ0) is 16.7. The first-order chi connectivity index (χ1) is 11.1. The number of ether oxygens (including phenoxy) is 1. The van der Waals surface area contributed by atoms with Gasteiger partial charge in [-0.3, -0.25) is 14.5 Å². The smallest absolute Gasteiger partial charge is 0.309 e. The van der Waals surface area contributed by atoms with Gasteiger partial charge in [0.15, 0.2) is 0 Å². The number of benzene rings is 1. The zero-order valence-corrected chi connectivity index (χ0v) is 13.7. The molecular weight excluding hydrogens is 294 g/mol. The van der Waals surface area contributed by atoms with Gasteiger partial charge in [0.1, 0.15) is 0 Å². The summed E-state index contributed by atoms with van der Waals surface area (Å²) in [7, 11) is 0. The summed E-state index contributed by atoms with van der Waals surface area (Å²) in [5, 5.41) is 5.23. The van der Waals surface area contributed by atoms with Crippen LogP contribution in [0.4, 0.5) is 0 Å². The molecule has 2 rings (SSSR count). The van der Waals surface area contributed by atoms with Crippen LogP contribution in [0.1, 0.15) is 25.5 Å². The maximum Gasteiger partial charge on any atom is 0.309 e. The number of hydrogen-bond donors (Lipinski definition) is 2. The largest absolute Gasteiger partial charge is 0.371 e. The summed E-state index contributed by atoms with van der Waals surface area (Å²) in [6.45, 7) is 7.08. The predicted octanol–water partition coefficient (Wildman–Crippen LogP) is 0.701. The summed E-state index contributed by atoms with van der Waals surface area (Å²) in [4.78, 5) is 25.4. The van der Waals surface area contributed by atoms with Crippen molar-refractivity contribution >= 4 is 11.8 Å². The Labute approximate surface area is 137 Å². The second-order valence-corrected chi connectivity index (χ2v) is 5.95. The van der Waals surface area contributed by atoms with Crippen LogP contribution in [0.5, 0.6) is 0 Å². The maximum absolute atomic E-state index is 11.6. The highest BCUT2D eigenvalue weighted by molar-refractivity contribution is 6.35. The lowest BCUT2D eigenvalue weighted by Gasteiger charge is -2.33. The molecule has 6 nitrogen and oxygen atoms in total. The maximum atomic E-state index is 11.6. The SMILES string of the molecule is CC(C)NC(=O)C(=O)NCCN1CCO[C@H](c2ccccc2)C1. The van der Waals surface area contributed by atoms with E-state index >= 15 is 0 Å². The van der Waals surface area contributed by atoms with E-state index in [1.54, 1.807) is 0 Å². The van der Waals surface area contributed by atoms with Crippen LogP contribution in [0.3, 0.4) is 0 Å². The molecule has 1 atom stereocenters. The number of hydrogen-bond acceptors (Lipinski definition) is 4. The molecule has 0 spiro atoms. The van der Waals surface area contributed by atoms with Crippen LogP contribution >= 0.6 is 0 Å². The molecule has 0 unspecified atom stereocenters. The number of morpholine rings is 1. The fourth-order valence-electron chi connectivity index (χ4n) is 2.51. The molecule has 1 aliphatic rings. The van der Waals surface area contributed by atoms with Gasteiger partial charge in [-0.15, -0.1) is 0 Å². The van der Waals surface area contributed by atoms with E-state index in [2.05, 4.69) is 27.7 Å². The fraction of sp³-hybridized carbons (Fsp3) is 0.529. The number of amides is 2. The van der Waals surface area contributed by atoms with E-state index < -0.39 is 11.8 Å². The fourth-order valence-corrected chi connectivity index (χ4v) is 2.51. The monoisotopic (exact) mass is 319 g/mol. The van der Waals surface area contributed by atoms with Gasteiger partial charge in [-0.1, -0.05) is 30.3 Å². The van der Waals surface area contributed by atoms with E-state index in [0.29, 0.717) is 19.7 Å². The molecule has 1 aromatic carbocycles. The quantitative estimate of drug-likeness (QED) is 0.784. The van der Waals surface area contributed by atoms with Crippen molar-refractivity contribution in [1.82, 2.24) is 15.5 Å². The van der Waals surface area contributed by atoms with Crippen molar-refractivity contribution < 1.29 is 14.3 Å². The average molecular weight is 319 g/mol. The second kappa shape index (κ2) is 8.64. The zero-order valence-electron chi connectivity index (χ0n) is 13.7. The number of rotatable bonds is 5. The van der Waals surface area contributed by atoms with Gasteiger partial charge in [-0.05, 0) is 19.4 Å². The molecule has 2 amide bonds. The lowest BCUT2D eigenvalue weighted by molar-refractivity contribution is -0.139. The van der Waals surface area contributed by atoms with E-state index in [4.69, 9.17) is 4.74 Å². The summed E-state index contributed by atoms with van der Waals surface area (Å²) in [6.07, 6.45) is 0.0601. The molecule has 0 aliphatic carbocycles. The molecule has 126 valence electrons. The molecule has 6 heteroatoms. The molecule has 0 saturated carbocycles. The van der Waals surface area contributed by atoms with E-state index in [-0.39, 0.29) is 12.1 Å². The Morgan fingerprint density at radius 3 is 2.70 bits per heavy atom. The Morgan fingerprint density at radius 2 is 2.00 bits per heavy atom. The highest BCUT2D eigenvalue weighted by Gasteiger charge is 2.22. The van der Waals surface area contributed by atoms with Crippen LogP contribution in [0.25, 0.3) is 0 Å². The molecule has 2 N–H and O–H groups in total. The van der Waals surface area contributed by atoms with Crippen molar-refractivity contribution in [1.29, 1.82) is 0 Å². The number of nitrogens with one attached hydrogen (secondary N) is 2. The third kappa shape index (κ3) is 5.65. The summed E-state index contributed by atoms with van der Waals surface area (Å²) >= 11 is 0. The Hall–Kier alpha value is -1.92. The molecule has 23 heavy (non-hydrogen) atoms.